The van der Waals surface area contributed by atoms with Gasteiger partial charge in [0.05, 0.1) is 12.2 Å². The van der Waals surface area contributed by atoms with Gasteiger partial charge in [-0.15, -0.1) is 0 Å². The molecule has 0 spiro atoms. The molecule has 1 atom stereocenters. The second-order valence-corrected chi connectivity index (χ2v) is 7.27. The van der Waals surface area contributed by atoms with E-state index < -0.39 is 10.0 Å². The van der Waals surface area contributed by atoms with Crippen molar-refractivity contribution in [1.82, 2.24) is 24.8 Å². The standard InChI is InChI=1S/C12H21N5O3S/c1-21(19,20)17-7-3-4-10(8-17)12(18)13-6-2-5-11-14-9-15-16-11/h9-10H,2-8H2,1H3,(H,13,18)(H,14,15,16). The van der Waals surface area contributed by atoms with Crippen molar-refractivity contribution in [3.8, 4) is 0 Å². The largest absolute Gasteiger partial charge is 0.356 e. The zero-order valence-electron chi connectivity index (χ0n) is 12.1. The molecule has 1 saturated heterocycles. The Balaban J connectivity index is 1.72. The van der Waals surface area contributed by atoms with E-state index in [9.17, 15) is 13.2 Å². The van der Waals surface area contributed by atoms with Gasteiger partial charge in [-0.05, 0) is 19.3 Å². The second-order valence-electron chi connectivity index (χ2n) is 5.29. The molecule has 1 aromatic rings. The Labute approximate surface area is 124 Å². The van der Waals surface area contributed by atoms with Crippen molar-refractivity contribution in [1.29, 1.82) is 0 Å². The number of nitrogens with zero attached hydrogens (tertiary/aromatic N) is 3. The Morgan fingerprint density at radius 2 is 2.38 bits per heavy atom. The van der Waals surface area contributed by atoms with Gasteiger partial charge in [0.25, 0.3) is 0 Å². The van der Waals surface area contributed by atoms with Crippen LogP contribution in [0.1, 0.15) is 25.1 Å². The first-order valence-corrected chi connectivity index (χ1v) is 8.88. The maximum Gasteiger partial charge on any atom is 0.224 e. The molecule has 0 bridgehead atoms. The topological polar surface area (TPSA) is 108 Å². The van der Waals surface area contributed by atoms with Gasteiger partial charge in [-0.25, -0.2) is 17.7 Å². The van der Waals surface area contributed by atoms with Crippen LogP contribution in [0.25, 0.3) is 0 Å². The van der Waals surface area contributed by atoms with Gasteiger partial charge >= 0.3 is 0 Å². The molecule has 1 aromatic heterocycles. The lowest BCUT2D eigenvalue weighted by molar-refractivity contribution is -0.126. The van der Waals surface area contributed by atoms with Gasteiger partial charge in [-0.1, -0.05) is 0 Å². The van der Waals surface area contributed by atoms with Crippen molar-refractivity contribution in [2.45, 2.75) is 25.7 Å². The van der Waals surface area contributed by atoms with Gasteiger partial charge in [-0.2, -0.15) is 5.10 Å². The van der Waals surface area contributed by atoms with E-state index in [0.717, 1.165) is 31.5 Å². The van der Waals surface area contributed by atoms with Crippen LogP contribution in [0.4, 0.5) is 0 Å². The summed E-state index contributed by atoms with van der Waals surface area (Å²) >= 11 is 0. The maximum atomic E-state index is 12.1. The molecule has 8 nitrogen and oxygen atoms in total. The minimum Gasteiger partial charge on any atom is -0.356 e. The first kappa shape index (κ1) is 15.9. The number of hydrogen-bond acceptors (Lipinski definition) is 5. The second kappa shape index (κ2) is 6.99. The number of nitrogens with one attached hydrogen (secondary N) is 2. The highest BCUT2D eigenvalue weighted by Gasteiger charge is 2.29. The SMILES string of the molecule is CS(=O)(=O)N1CCCC(C(=O)NCCCc2ncn[nH]2)C1. The van der Waals surface area contributed by atoms with Gasteiger partial charge in [0.15, 0.2) is 0 Å². The van der Waals surface area contributed by atoms with Crippen LogP contribution >= 0.6 is 0 Å². The first-order chi connectivity index (χ1) is 9.97. The first-order valence-electron chi connectivity index (χ1n) is 7.04. The number of aromatic nitrogens is 3. The molecule has 2 N–H and O–H groups in total. The van der Waals surface area contributed by atoms with Crippen LogP contribution in [0.15, 0.2) is 6.33 Å². The molecule has 1 unspecified atom stereocenters. The molecule has 2 heterocycles. The number of rotatable bonds is 6. The Hall–Kier alpha value is -1.48. The highest BCUT2D eigenvalue weighted by Crippen LogP contribution is 2.18. The number of hydrogen-bond donors (Lipinski definition) is 2. The van der Waals surface area contributed by atoms with Crippen LogP contribution < -0.4 is 5.32 Å². The molecule has 0 aliphatic carbocycles. The zero-order valence-corrected chi connectivity index (χ0v) is 12.9. The summed E-state index contributed by atoms with van der Waals surface area (Å²) in [6.07, 6.45) is 5.59. The molecule has 21 heavy (non-hydrogen) atoms. The summed E-state index contributed by atoms with van der Waals surface area (Å²) < 4.78 is 24.4. The normalized spacial score (nSPS) is 20.3. The van der Waals surface area contributed by atoms with Crippen LogP contribution in [0.2, 0.25) is 0 Å². The minimum absolute atomic E-state index is 0.0686. The van der Waals surface area contributed by atoms with Crippen LogP contribution in [0, 0.1) is 5.92 Å². The lowest BCUT2D eigenvalue weighted by atomic mass is 9.99. The highest BCUT2D eigenvalue weighted by molar-refractivity contribution is 7.88. The molecule has 1 aliphatic rings. The summed E-state index contributed by atoms with van der Waals surface area (Å²) in [6.45, 7) is 1.34. The molecule has 1 fully saturated rings. The van der Waals surface area contributed by atoms with Gasteiger partial charge < -0.3 is 5.32 Å². The fraction of sp³-hybridized carbons (Fsp3) is 0.750. The summed E-state index contributed by atoms with van der Waals surface area (Å²) in [7, 11) is -3.21. The molecule has 0 aromatic carbocycles. The Kier molecular flexibility index (Phi) is 5.29. The lowest BCUT2D eigenvalue weighted by Gasteiger charge is -2.30. The molecule has 0 saturated carbocycles. The number of H-pyrrole nitrogens is 1. The molecule has 0 radical (unpaired) electrons. The molecular formula is C12H21N5O3S. The van der Waals surface area contributed by atoms with Crippen molar-refractivity contribution in [2.24, 2.45) is 5.92 Å². The Morgan fingerprint density at radius 3 is 3.05 bits per heavy atom. The molecular weight excluding hydrogens is 294 g/mol. The number of carbonyl (C=O) groups excluding carboxylic acids is 1. The van der Waals surface area contributed by atoms with Crippen LogP contribution in [0.5, 0.6) is 0 Å². The van der Waals surface area contributed by atoms with Gasteiger partial charge in [0.1, 0.15) is 12.2 Å². The number of sulfonamides is 1. The molecule has 9 heteroatoms. The van der Waals surface area contributed by atoms with Crippen molar-refractivity contribution in [2.75, 3.05) is 25.9 Å². The fourth-order valence-electron chi connectivity index (χ4n) is 2.42. The number of piperidine rings is 1. The average Bonchev–Trinajstić information content (AvgIpc) is 2.96. The third-order valence-electron chi connectivity index (χ3n) is 3.58. The van der Waals surface area contributed by atoms with Gasteiger partial charge in [0, 0.05) is 26.1 Å². The molecule has 1 aliphatic heterocycles. The predicted molar refractivity (Wildman–Crippen MR) is 76.9 cm³/mol. The summed E-state index contributed by atoms with van der Waals surface area (Å²) in [5, 5.41) is 9.38. The Morgan fingerprint density at radius 1 is 1.57 bits per heavy atom. The summed E-state index contributed by atoms with van der Waals surface area (Å²) in [6, 6.07) is 0. The Bertz CT molecular complexity index is 557. The van der Waals surface area contributed by atoms with Gasteiger partial charge in [0.2, 0.25) is 15.9 Å². The third kappa shape index (κ3) is 4.78. The molecule has 1 amide bonds. The summed E-state index contributed by atoms with van der Waals surface area (Å²) in [5.74, 6) is 0.477. The van der Waals surface area contributed by atoms with Crippen molar-refractivity contribution in [3.05, 3.63) is 12.2 Å². The van der Waals surface area contributed by atoms with E-state index in [1.165, 1.54) is 16.9 Å². The fourth-order valence-corrected chi connectivity index (χ4v) is 3.33. The third-order valence-corrected chi connectivity index (χ3v) is 4.85. The van der Waals surface area contributed by atoms with E-state index in [-0.39, 0.29) is 18.4 Å². The lowest BCUT2D eigenvalue weighted by Crippen LogP contribution is -2.45. The highest BCUT2D eigenvalue weighted by atomic mass is 32.2. The minimum atomic E-state index is -3.21. The predicted octanol–water partition coefficient (Wildman–Crippen LogP) is -0.475. The van der Waals surface area contributed by atoms with Crippen molar-refractivity contribution in [3.63, 3.8) is 0 Å². The number of aromatic amines is 1. The molecule has 2 rings (SSSR count). The van der Waals surface area contributed by atoms with E-state index in [2.05, 4.69) is 20.5 Å². The molecule has 118 valence electrons. The number of aryl methyl sites for hydroxylation is 1. The van der Waals surface area contributed by atoms with E-state index in [1.54, 1.807) is 0 Å². The van der Waals surface area contributed by atoms with E-state index in [0.29, 0.717) is 13.1 Å². The van der Waals surface area contributed by atoms with Crippen LogP contribution in [-0.2, 0) is 21.2 Å². The monoisotopic (exact) mass is 315 g/mol. The van der Waals surface area contributed by atoms with E-state index in [1.807, 2.05) is 0 Å². The van der Waals surface area contributed by atoms with Crippen molar-refractivity contribution >= 4 is 15.9 Å². The van der Waals surface area contributed by atoms with E-state index in [4.69, 9.17) is 0 Å². The zero-order chi connectivity index (χ0) is 15.3. The van der Waals surface area contributed by atoms with Gasteiger partial charge in [-0.3, -0.25) is 9.89 Å². The number of amides is 1. The number of carbonyl (C=O) groups is 1. The van der Waals surface area contributed by atoms with Crippen LogP contribution in [-0.4, -0.2) is 59.7 Å². The quantitative estimate of drug-likeness (QED) is 0.690. The summed E-state index contributed by atoms with van der Waals surface area (Å²) in [5.41, 5.74) is 0. The van der Waals surface area contributed by atoms with Crippen molar-refractivity contribution < 1.29 is 13.2 Å². The van der Waals surface area contributed by atoms with E-state index >= 15 is 0 Å². The van der Waals surface area contributed by atoms with Crippen LogP contribution in [0.3, 0.4) is 0 Å². The smallest absolute Gasteiger partial charge is 0.224 e. The average molecular weight is 315 g/mol. The summed E-state index contributed by atoms with van der Waals surface area (Å²) in [4.78, 5) is 16.1. The maximum absolute atomic E-state index is 12.1.